The van der Waals surface area contributed by atoms with E-state index in [0.29, 0.717) is 17.7 Å². The Bertz CT molecular complexity index is 833. The molecular weight excluding hydrogens is 309 g/mol. The van der Waals surface area contributed by atoms with Crippen molar-refractivity contribution in [3.8, 4) is 23.1 Å². The molecule has 0 amide bonds. The highest BCUT2D eigenvalue weighted by atomic mass is 19.4. The Morgan fingerprint density at radius 2 is 2.00 bits per heavy atom. The normalized spacial score (nSPS) is 11.1. The molecule has 0 aliphatic carbocycles. The number of benzene rings is 1. The molecule has 0 unspecified atom stereocenters. The minimum absolute atomic E-state index is 0.0477. The molecule has 2 aromatic rings. The number of aromatic amines is 1. The summed E-state index contributed by atoms with van der Waals surface area (Å²) in [6, 6.07) is 7.12. The number of aryl methyl sites for hydroxylation is 1. The number of ether oxygens (including phenoxy) is 1. The average Bonchev–Trinajstić information content (AvgIpc) is 2.52. The van der Waals surface area contributed by atoms with E-state index in [1.165, 1.54) is 13.2 Å². The quantitative estimate of drug-likeness (QED) is 0.940. The van der Waals surface area contributed by atoms with Crippen molar-refractivity contribution in [1.82, 2.24) is 4.98 Å². The van der Waals surface area contributed by atoms with Gasteiger partial charge in [-0.2, -0.15) is 18.4 Å². The number of nitrogens with one attached hydrogen (secondary N) is 1. The highest BCUT2D eigenvalue weighted by Gasteiger charge is 2.35. The zero-order chi connectivity index (χ0) is 17.2. The van der Waals surface area contributed by atoms with Gasteiger partial charge in [0, 0.05) is 5.56 Å². The molecule has 0 atom stereocenters. The van der Waals surface area contributed by atoms with Crippen LogP contribution in [-0.2, 0) is 12.6 Å². The fraction of sp³-hybridized carbons (Fsp3) is 0.250. The van der Waals surface area contributed by atoms with Gasteiger partial charge in [0.15, 0.2) is 0 Å². The molecule has 1 aromatic carbocycles. The molecule has 0 spiro atoms. The van der Waals surface area contributed by atoms with Gasteiger partial charge in [0.25, 0.3) is 5.56 Å². The first kappa shape index (κ1) is 16.6. The second kappa shape index (κ2) is 6.16. The number of hydrogen-bond acceptors (Lipinski definition) is 3. The van der Waals surface area contributed by atoms with Gasteiger partial charge in [0.05, 0.1) is 18.4 Å². The number of halogens is 3. The Hall–Kier alpha value is -2.75. The number of nitrogens with zero attached hydrogens (tertiary/aromatic N) is 1. The second-order valence-electron chi connectivity index (χ2n) is 4.80. The largest absolute Gasteiger partial charge is 0.496 e. The van der Waals surface area contributed by atoms with E-state index in [4.69, 9.17) is 10.00 Å². The third-order valence-electron chi connectivity index (χ3n) is 3.41. The smallest absolute Gasteiger partial charge is 0.417 e. The van der Waals surface area contributed by atoms with Crippen molar-refractivity contribution >= 4 is 0 Å². The van der Waals surface area contributed by atoms with Crippen molar-refractivity contribution in [2.45, 2.75) is 19.5 Å². The van der Waals surface area contributed by atoms with Crippen LogP contribution in [0.2, 0.25) is 0 Å². The van der Waals surface area contributed by atoms with E-state index in [9.17, 15) is 18.0 Å². The molecule has 0 radical (unpaired) electrons. The van der Waals surface area contributed by atoms with E-state index >= 15 is 0 Å². The molecule has 1 N–H and O–H groups in total. The number of methoxy groups -OCH3 is 1. The Kier molecular flexibility index (Phi) is 4.45. The number of nitriles is 1. The van der Waals surface area contributed by atoms with Crippen LogP contribution in [0.4, 0.5) is 13.2 Å². The predicted octanol–water partition coefficient (Wildman–Crippen LogP) is 3.50. The lowest BCUT2D eigenvalue weighted by Gasteiger charge is -2.13. The minimum atomic E-state index is -4.80. The molecule has 23 heavy (non-hydrogen) atoms. The number of aromatic nitrogens is 1. The summed E-state index contributed by atoms with van der Waals surface area (Å²) < 4.78 is 44.5. The van der Waals surface area contributed by atoms with Gasteiger partial charge in [-0.1, -0.05) is 13.0 Å². The Balaban J connectivity index is 2.78. The second-order valence-corrected chi connectivity index (χ2v) is 4.80. The van der Waals surface area contributed by atoms with Gasteiger partial charge in [-0.15, -0.1) is 0 Å². The highest BCUT2D eigenvalue weighted by Crippen LogP contribution is 2.35. The number of H-pyrrole nitrogens is 1. The molecule has 2 rings (SSSR count). The van der Waals surface area contributed by atoms with Crippen molar-refractivity contribution in [1.29, 1.82) is 5.26 Å². The van der Waals surface area contributed by atoms with Crippen molar-refractivity contribution in [3.63, 3.8) is 0 Å². The van der Waals surface area contributed by atoms with Gasteiger partial charge in [-0.05, 0) is 30.2 Å². The molecule has 0 aliphatic rings. The molecule has 0 fully saturated rings. The Morgan fingerprint density at radius 3 is 2.52 bits per heavy atom. The summed E-state index contributed by atoms with van der Waals surface area (Å²) in [5.41, 5.74) is -2.14. The first-order valence-corrected chi connectivity index (χ1v) is 6.73. The van der Waals surface area contributed by atoms with E-state index < -0.39 is 22.9 Å². The molecule has 1 aromatic heterocycles. The van der Waals surface area contributed by atoms with Crippen LogP contribution in [0.1, 0.15) is 23.6 Å². The fourth-order valence-corrected chi connectivity index (χ4v) is 2.22. The lowest BCUT2D eigenvalue weighted by molar-refractivity contribution is -0.137. The van der Waals surface area contributed by atoms with Crippen LogP contribution in [0.5, 0.6) is 5.75 Å². The number of pyridine rings is 1. The Morgan fingerprint density at radius 1 is 1.30 bits per heavy atom. The molecule has 7 heteroatoms. The maximum Gasteiger partial charge on any atom is 0.417 e. The summed E-state index contributed by atoms with van der Waals surface area (Å²) in [6.07, 6.45) is -4.13. The van der Waals surface area contributed by atoms with Crippen LogP contribution in [0.15, 0.2) is 29.1 Å². The third-order valence-corrected chi connectivity index (χ3v) is 3.41. The summed E-state index contributed by atoms with van der Waals surface area (Å²) in [5, 5.41) is 8.81. The number of hydrogen-bond donors (Lipinski definition) is 1. The molecule has 0 saturated heterocycles. The van der Waals surface area contributed by atoms with Gasteiger partial charge in [0.1, 0.15) is 17.4 Å². The average molecular weight is 322 g/mol. The van der Waals surface area contributed by atoms with E-state index in [0.717, 1.165) is 11.6 Å². The first-order chi connectivity index (χ1) is 10.8. The lowest BCUT2D eigenvalue weighted by atomic mass is 10.0. The van der Waals surface area contributed by atoms with Crippen molar-refractivity contribution in [2.75, 3.05) is 7.11 Å². The van der Waals surface area contributed by atoms with Gasteiger partial charge in [0.2, 0.25) is 0 Å². The van der Waals surface area contributed by atoms with Crippen LogP contribution in [0.3, 0.4) is 0 Å². The zero-order valence-corrected chi connectivity index (χ0v) is 12.4. The van der Waals surface area contributed by atoms with E-state index in [2.05, 4.69) is 4.98 Å². The van der Waals surface area contributed by atoms with Gasteiger partial charge in [-0.25, -0.2) is 0 Å². The van der Waals surface area contributed by atoms with Crippen LogP contribution < -0.4 is 10.3 Å². The monoisotopic (exact) mass is 322 g/mol. The predicted molar refractivity (Wildman–Crippen MR) is 78.1 cm³/mol. The lowest BCUT2D eigenvalue weighted by Crippen LogP contribution is -2.19. The standard InChI is InChI=1S/C16H13F3N2O2/c1-3-9-4-5-14(23-2)10(6-9)13-7-12(16(17,18)19)11(8-20)15(22)21-13/h4-7H,3H2,1-2H3,(H,21,22). The maximum absolute atomic E-state index is 13.1. The van der Waals surface area contributed by atoms with Crippen molar-refractivity contribution in [2.24, 2.45) is 0 Å². The van der Waals surface area contributed by atoms with Crippen LogP contribution >= 0.6 is 0 Å². The van der Waals surface area contributed by atoms with Gasteiger partial charge < -0.3 is 9.72 Å². The zero-order valence-electron chi connectivity index (χ0n) is 12.4. The van der Waals surface area contributed by atoms with E-state index in [1.54, 1.807) is 18.2 Å². The van der Waals surface area contributed by atoms with Crippen LogP contribution in [0, 0.1) is 11.3 Å². The Labute approximate surface area is 130 Å². The van der Waals surface area contributed by atoms with Crippen LogP contribution in [-0.4, -0.2) is 12.1 Å². The molecule has 0 bridgehead atoms. The summed E-state index contributed by atoms with van der Waals surface area (Å²) in [5.74, 6) is 0.329. The SMILES string of the molecule is CCc1ccc(OC)c(-c2cc(C(F)(F)F)c(C#N)c(=O)[nH]2)c1. The molecule has 0 saturated carbocycles. The molecule has 1 heterocycles. The summed E-state index contributed by atoms with van der Waals surface area (Å²) in [6.45, 7) is 1.90. The van der Waals surface area contributed by atoms with Gasteiger partial charge >= 0.3 is 6.18 Å². The van der Waals surface area contributed by atoms with E-state index in [1.807, 2.05) is 6.92 Å². The minimum Gasteiger partial charge on any atom is -0.496 e. The third kappa shape index (κ3) is 3.21. The molecular formula is C16H13F3N2O2. The maximum atomic E-state index is 13.1. The number of alkyl halides is 3. The topological polar surface area (TPSA) is 65.9 Å². The summed E-state index contributed by atoms with van der Waals surface area (Å²) in [4.78, 5) is 14.2. The highest BCUT2D eigenvalue weighted by molar-refractivity contribution is 5.69. The number of rotatable bonds is 3. The van der Waals surface area contributed by atoms with Crippen molar-refractivity contribution in [3.05, 3.63) is 51.3 Å². The summed E-state index contributed by atoms with van der Waals surface area (Å²) in [7, 11) is 1.39. The van der Waals surface area contributed by atoms with Crippen LogP contribution in [0.25, 0.3) is 11.3 Å². The fourth-order valence-electron chi connectivity index (χ4n) is 2.22. The van der Waals surface area contributed by atoms with Crippen molar-refractivity contribution < 1.29 is 17.9 Å². The van der Waals surface area contributed by atoms with Gasteiger partial charge in [-0.3, -0.25) is 4.79 Å². The molecule has 0 aliphatic heterocycles. The molecule has 120 valence electrons. The van der Waals surface area contributed by atoms with E-state index in [-0.39, 0.29) is 5.69 Å². The summed E-state index contributed by atoms with van der Waals surface area (Å²) >= 11 is 0. The first-order valence-electron chi connectivity index (χ1n) is 6.73. The molecule has 4 nitrogen and oxygen atoms in total.